The summed E-state index contributed by atoms with van der Waals surface area (Å²) in [6.07, 6.45) is 1.66. The van der Waals surface area contributed by atoms with Crippen LogP contribution in [0.1, 0.15) is 27.7 Å². The van der Waals surface area contributed by atoms with Crippen LogP contribution in [-0.2, 0) is 11.3 Å². The fourth-order valence-corrected chi connectivity index (χ4v) is 2.24. The maximum absolute atomic E-state index is 11.6. The van der Waals surface area contributed by atoms with Crippen molar-refractivity contribution in [2.24, 2.45) is 0 Å². The minimum absolute atomic E-state index is 0.342. The molecule has 8 nitrogen and oxygen atoms in total. The Kier molecular flexibility index (Phi) is 4.28. The first-order valence-electron chi connectivity index (χ1n) is 7.25. The van der Waals surface area contributed by atoms with Crippen LogP contribution in [0, 0.1) is 13.8 Å². The van der Waals surface area contributed by atoms with Crippen LogP contribution >= 0.6 is 0 Å². The van der Waals surface area contributed by atoms with E-state index in [1.807, 2.05) is 6.07 Å². The van der Waals surface area contributed by atoms with Crippen LogP contribution in [0.3, 0.4) is 0 Å². The van der Waals surface area contributed by atoms with Crippen LogP contribution in [0.2, 0.25) is 0 Å². The molecule has 3 rings (SSSR count). The zero-order valence-electron chi connectivity index (χ0n) is 13.5. The average molecular weight is 328 g/mol. The Morgan fingerprint density at radius 2 is 2.21 bits per heavy atom. The molecular formula is C16H16N4O4. The van der Waals surface area contributed by atoms with Crippen molar-refractivity contribution in [2.45, 2.75) is 20.4 Å². The van der Waals surface area contributed by atoms with Gasteiger partial charge in [-0.15, -0.1) is 0 Å². The third-order valence-corrected chi connectivity index (χ3v) is 3.37. The maximum Gasteiger partial charge on any atom is 0.341 e. The van der Waals surface area contributed by atoms with E-state index < -0.39 is 5.97 Å². The monoisotopic (exact) mass is 328 g/mol. The van der Waals surface area contributed by atoms with Gasteiger partial charge >= 0.3 is 5.97 Å². The number of aromatic nitrogens is 3. The van der Waals surface area contributed by atoms with E-state index in [0.717, 1.165) is 0 Å². The largest absolute Gasteiger partial charge is 0.465 e. The van der Waals surface area contributed by atoms with E-state index in [9.17, 15) is 4.79 Å². The highest BCUT2D eigenvalue weighted by molar-refractivity contribution is 5.90. The molecule has 0 aromatic carbocycles. The number of esters is 1. The number of carbonyl (C=O) groups excluding carboxylic acids is 1. The normalized spacial score (nSPS) is 10.6. The van der Waals surface area contributed by atoms with Crippen molar-refractivity contribution in [3.8, 4) is 11.5 Å². The van der Waals surface area contributed by atoms with Gasteiger partial charge in [-0.25, -0.2) is 9.78 Å². The Balaban J connectivity index is 1.79. The lowest BCUT2D eigenvalue weighted by molar-refractivity contribution is 0.0599. The van der Waals surface area contributed by atoms with Gasteiger partial charge in [0.15, 0.2) is 5.82 Å². The number of nitrogens with zero attached hydrogens (tertiary/aromatic N) is 3. The molecule has 0 aliphatic rings. The molecule has 0 radical (unpaired) electrons. The summed E-state index contributed by atoms with van der Waals surface area (Å²) in [6, 6.07) is 5.26. The van der Waals surface area contributed by atoms with Gasteiger partial charge in [-0.05, 0) is 32.0 Å². The molecule has 0 fully saturated rings. The second kappa shape index (κ2) is 6.53. The number of aryl methyl sites for hydroxylation is 2. The van der Waals surface area contributed by atoms with Crippen molar-refractivity contribution in [2.75, 3.05) is 12.4 Å². The molecule has 0 saturated carbocycles. The molecule has 0 spiro atoms. The highest BCUT2D eigenvalue weighted by Crippen LogP contribution is 2.25. The molecule has 3 heterocycles. The van der Waals surface area contributed by atoms with Gasteiger partial charge in [0.1, 0.15) is 22.9 Å². The predicted octanol–water partition coefficient (Wildman–Crippen LogP) is 2.74. The van der Waals surface area contributed by atoms with E-state index in [2.05, 4.69) is 20.4 Å². The van der Waals surface area contributed by atoms with Gasteiger partial charge in [-0.2, -0.15) is 4.98 Å². The zero-order valence-corrected chi connectivity index (χ0v) is 13.5. The minimum Gasteiger partial charge on any atom is -0.465 e. The van der Waals surface area contributed by atoms with Gasteiger partial charge in [0.25, 0.3) is 5.89 Å². The van der Waals surface area contributed by atoms with E-state index in [1.165, 1.54) is 7.11 Å². The Labute approximate surface area is 137 Å². The van der Waals surface area contributed by atoms with Crippen molar-refractivity contribution < 1.29 is 18.5 Å². The number of pyridine rings is 1. The summed E-state index contributed by atoms with van der Waals surface area (Å²) in [6.45, 7) is 3.80. The maximum atomic E-state index is 11.6. The molecule has 3 aromatic heterocycles. The number of furan rings is 1. The molecule has 24 heavy (non-hydrogen) atoms. The molecule has 0 bridgehead atoms. The SMILES string of the molecule is COC(=O)c1cc(CNc2ncccc2-c2nc(C)no2)oc1C. The molecule has 3 aromatic rings. The molecular weight excluding hydrogens is 312 g/mol. The lowest BCUT2D eigenvalue weighted by atomic mass is 10.2. The van der Waals surface area contributed by atoms with Gasteiger partial charge in [-0.1, -0.05) is 5.16 Å². The van der Waals surface area contributed by atoms with Crippen molar-refractivity contribution in [3.63, 3.8) is 0 Å². The summed E-state index contributed by atoms with van der Waals surface area (Å²) >= 11 is 0. The van der Waals surface area contributed by atoms with Crippen LogP contribution < -0.4 is 5.32 Å². The summed E-state index contributed by atoms with van der Waals surface area (Å²) in [7, 11) is 1.33. The number of carbonyl (C=O) groups is 1. The number of hydrogen-bond donors (Lipinski definition) is 1. The third kappa shape index (κ3) is 3.12. The smallest absolute Gasteiger partial charge is 0.341 e. The summed E-state index contributed by atoms with van der Waals surface area (Å²) in [5.41, 5.74) is 1.10. The lowest BCUT2D eigenvalue weighted by Gasteiger charge is -2.06. The van der Waals surface area contributed by atoms with E-state index in [1.54, 1.807) is 32.2 Å². The summed E-state index contributed by atoms with van der Waals surface area (Å²) in [4.78, 5) is 20.1. The number of hydrogen-bond acceptors (Lipinski definition) is 8. The average Bonchev–Trinajstić information content (AvgIpc) is 3.18. The van der Waals surface area contributed by atoms with E-state index in [0.29, 0.717) is 46.7 Å². The van der Waals surface area contributed by atoms with E-state index in [-0.39, 0.29) is 0 Å². The molecule has 0 unspecified atom stereocenters. The van der Waals surface area contributed by atoms with Crippen LogP contribution in [0.4, 0.5) is 5.82 Å². The zero-order chi connectivity index (χ0) is 17.1. The molecule has 0 atom stereocenters. The molecule has 0 saturated heterocycles. The van der Waals surface area contributed by atoms with Gasteiger partial charge in [0, 0.05) is 6.20 Å². The summed E-state index contributed by atoms with van der Waals surface area (Å²) < 4.78 is 15.5. The van der Waals surface area contributed by atoms with Crippen molar-refractivity contribution in [3.05, 3.63) is 47.3 Å². The number of methoxy groups -OCH3 is 1. The van der Waals surface area contributed by atoms with Crippen molar-refractivity contribution in [1.29, 1.82) is 0 Å². The summed E-state index contributed by atoms with van der Waals surface area (Å²) in [5, 5.41) is 6.93. The minimum atomic E-state index is -0.428. The van der Waals surface area contributed by atoms with Gasteiger partial charge in [-0.3, -0.25) is 0 Å². The first kappa shape index (κ1) is 15.7. The van der Waals surface area contributed by atoms with Gasteiger partial charge in [0.2, 0.25) is 0 Å². The first-order valence-corrected chi connectivity index (χ1v) is 7.25. The Bertz CT molecular complexity index is 869. The second-order valence-electron chi connectivity index (χ2n) is 5.07. The highest BCUT2D eigenvalue weighted by Gasteiger charge is 2.16. The van der Waals surface area contributed by atoms with Crippen LogP contribution in [0.5, 0.6) is 0 Å². The second-order valence-corrected chi connectivity index (χ2v) is 5.07. The van der Waals surface area contributed by atoms with E-state index >= 15 is 0 Å². The van der Waals surface area contributed by atoms with Crippen molar-refractivity contribution in [1.82, 2.24) is 15.1 Å². The number of anilines is 1. The van der Waals surface area contributed by atoms with Gasteiger partial charge < -0.3 is 19.0 Å². The number of ether oxygens (including phenoxy) is 1. The fourth-order valence-electron chi connectivity index (χ4n) is 2.24. The molecule has 1 N–H and O–H groups in total. The topological polar surface area (TPSA) is 103 Å². The molecule has 8 heteroatoms. The molecule has 124 valence electrons. The Morgan fingerprint density at radius 3 is 2.92 bits per heavy atom. The quantitative estimate of drug-likeness (QED) is 0.713. The van der Waals surface area contributed by atoms with E-state index in [4.69, 9.17) is 13.7 Å². The van der Waals surface area contributed by atoms with Crippen LogP contribution in [0.15, 0.2) is 33.3 Å². The Morgan fingerprint density at radius 1 is 1.38 bits per heavy atom. The van der Waals surface area contributed by atoms with Crippen LogP contribution in [0.25, 0.3) is 11.5 Å². The van der Waals surface area contributed by atoms with Crippen molar-refractivity contribution >= 4 is 11.8 Å². The highest BCUT2D eigenvalue weighted by atomic mass is 16.5. The first-order chi connectivity index (χ1) is 11.6. The fraction of sp³-hybridized carbons (Fsp3) is 0.250. The van der Waals surface area contributed by atoms with Gasteiger partial charge in [0.05, 0.1) is 19.2 Å². The predicted molar refractivity (Wildman–Crippen MR) is 84.4 cm³/mol. The standard InChI is InChI=1S/C16H16N4O4/c1-9-13(16(21)22-3)7-11(23-9)8-18-14-12(5-4-6-17-14)15-19-10(2)20-24-15/h4-7H,8H2,1-3H3,(H,17,18). The van der Waals surface area contributed by atoms with Crippen LogP contribution in [-0.4, -0.2) is 28.2 Å². The third-order valence-electron chi connectivity index (χ3n) is 3.37. The number of rotatable bonds is 5. The molecule has 0 amide bonds. The Hall–Kier alpha value is -3.16. The summed E-state index contributed by atoms with van der Waals surface area (Å²) in [5.74, 6) is 2.17. The molecule has 0 aliphatic heterocycles. The number of nitrogens with one attached hydrogen (secondary N) is 1. The molecule has 0 aliphatic carbocycles. The lowest BCUT2D eigenvalue weighted by Crippen LogP contribution is -2.03.